The zero-order valence-corrected chi connectivity index (χ0v) is 16.1. The summed E-state index contributed by atoms with van der Waals surface area (Å²) in [6, 6.07) is 12.1. The zero-order valence-electron chi connectivity index (χ0n) is 16.1. The molecule has 0 saturated heterocycles. The van der Waals surface area contributed by atoms with Crippen LogP contribution in [0.1, 0.15) is 15.9 Å². The summed E-state index contributed by atoms with van der Waals surface area (Å²) in [6.07, 6.45) is 1.04. The number of hydrogen-bond acceptors (Lipinski definition) is 7. The summed E-state index contributed by atoms with van der Waals surface area (Å²) < 4.78 is 11.2. The largest absolute Gasteiger partial charge is 0.491 e. The van der Waals surface area contributed by atoms with Crippen LogP contribution in [-0.2, 0) is 16.2 Å². The van der Waals surface area contributed by atoms with Crippen LogP contribution in [0.4, 0.5) is 5.69 Å². The highest BCUT2D eigenvalue weighted by Gasteiger charge is 2.32. The maximum Gasteiger partial charge on any atom is 0.337 e. The van der Waals surface area contributed by atoms with Gasteiger partial charge in [0.05, 0.1) is 31.5 Å². The van der Waals surface area contributed by atoms with E-state index in [1.807, 2.05) is 30.3 Å². The second-order valence-corrected chi connectivity index (χ2v) is 6.30. The van der Waals surface area contributed by atoms with Crippen molar-refractivity contribution in [1.29, 1.82) is 0 Å². The van der Waals surface area contributed by atoms with Crippen LogP contribution in [0, 0.1) is 0 Å². The summed E-state index contributed by atoms with van der Waals surface area (Å²) in [5.74, 6) is -2.20. The van der Waals surface area contributed by atoms with Gasteiger partial charge in [-0.3, -0.25) is 14.5 Å². The molecule has 2 aromatic carbocycles. The summed E-state index contributed by atoms with van der Waals surface area (Å²) in [7, 11) is 1.34. The molecule has 2 amide bonds. The van der Waals surface area contributed by atoms with E-state index in [1.165, 1.54) is 19.2 Å². The molecule has 30 heavy (non-hydrogen) atoms. The van der Waals surface area contributed by atoms with Crippen molar-refractivity contribution in [1.82, 2.24) is 4.90 Å². The number of carbonyl (C=O) groups excluding carboxylic acids is 2. The van der Waals surface area contributed by atoms with Gasteiger partial charge in [0.2, 0.25) is 0 Å². The van der Waals surface area contributed by atoms with Crippen molar-refractivity contribution in [2.75, 3.05) is 25.6 Å². The van der Waals surface area contributed by atoms with Crippen LogP contribution in [0.2, 0.25) is 0 Å². The first-order chi connectivity index (χ1) is 14.5. The van der Waals surface area contributed by atoms with E-state index in [0.717, 1.165) is 16.5 Å². The third kappa shape index (κ3) is 4.26. The first kappa shape index (κ1) is 20.9. The Morgan fingerprint density at radius 2 is 1.87 bits per heavy atom. The molecule has 1 aliphatic rings. The van der Waals surface area contributed by atoms with Gasteiger partial charge in [-0.05, 0) is 17.7 Å². The molecule has 0 fully saturated rings. The molecule has 9 nitrogen and oxygen atoms in total. The molecular formula is C21H20N2O7. The van der Waals surface area contributed by atoms with Gasteiger partial charge in [-0.15, -0.1) is 0 Å². The number of imide groups is 1. The predicted molar refractivity (Wildman–Crippen MR) is 106 cm³/mol. The quantitative estimate of drug-likeness (QED) is 0.531. The standard InChI is InChI=1S/C21H20N2O7/c1-29-19-16(30-12-13-5-3-2-4-6-13)8-7-14(21(27)28)18(19)22-15-11-17(25)23(9-10-24)20(15)26/h2-8,11,22,24H,9-10,12H2,1H3,(H,27,28). The van der Waals surface area contributed by atoms with Crippen LogP contribution >= 0.6 is 0 Å². The fourth-order valence-corrected chi connectivity index (χ4v) is 2.96. The second kappa shape index (κ2) is 9.10. The number of benzene rings is 2. The molecule has 0 saturated carbocycles. The first-order valence-electron chi connectivity index (χ1n) is 9.02. The maximum atomic E-state index is 12.4. The Balaban J connectivity index is 1.93. The summed E-state index contributed by atoms with van der Waals surface area (Å²) in [4.78, 5) is 37.0. The van der Waals surface area contributed by atoms with E-state index >= 15 is 0 Å². The number of nitrogens with zero attached hydrogens (tertiary/aromatic N) is 1. The van der Waals surface area contributed by atoms with Crippen molar-refractivity contribution in [3.05, 3.63) is 65.4 Å². The molecule has 0 bridgehead atoms. The number of anilines is 1. The molecule has 2 aromatic rings. The molecule has 1 heterocycles. The smallest absolute Gasteiger partial charge is 0.337 e. The molecule has 1 aliphatic heterocycles. The molecule has 0 aromatic heterocycles. The molecule has 0 radical (unpaired) electrons. The number of ether oxygens (including phenoxy) is 2. The average Bonchev–Trinajstić information content (AvgIpc) is 3.00. The van der Waals surface area contributed by atoms with Crippen LogP contribution in [0.15, 0.2) is 54.2 Å². The van der Waals surface area contributed by atoms with E-state index < -0.39 is 17.8 Å². The van der Waals surface area contributed by atoms with Crippen molar-refractivity contribution in [2.45, 2.75) is 6.61 Å². The van der Waals surface area contributed by atoms with Crippen LogP contribution in [-0.4, -0.2) is 53.2 Å². The molecule has 9 heteroatoms. The van der Waals surface area contributed by atoms with E-state index in [-0.39, 0.29) is 48.2 Å². The Morgan fingerprint density at radius 1 is 1.13 bits per heavy atom. The van der Waals surface area contributed by atoms with Crippen molar-refractivity contribution in [3.63, 3.8) is 0 Å². The highest BCUT2D eigenvalue weighted by molar-refractivity contribution is 6.18. The number of hydrogen-bond donors (Lipinski definition) is 3. The molecule has 3 N–H and O–H groups in total. The minimum Gasteiger partial charge on any atom is -0.491 e. The van der Waals surface area contributed by atoms with Gasteiger partial charge >= 0.3 is 5.97 Å². The normalized spacial score (nSPS) is 13.3. The van der Waals surface area contributed by atoms with E-state index in [4.69, 9.17) is 14.6 Å². The SMILES string of the molecule is COc1c(OCc2ccccc2)ccc(C(=O)O)c1NC1=CC(=O)N(CCO)C1=O. The topological polar surface area (TPSA) is 125 Å². The van der Waals surface area contributed by atoms with Crippen molar-refractivity contribution in [3.8, 4) is 11.5 Å². The fraction of sp³-hybridized carbons (Fsp3) is 0.190. The number of nitrogens with one attached hydrogen (secondary N) is 1. The van der Waals surface area contributed by atoms with Gasteiger partial charge in [0.1, 0.15) is 12.3 Å². The Morgan fingerprint density at radius 3 is 2.50 bits per heavy atom. The summed E-state index contributed by atoms with van der Waals surface area (Å²) >= 11 is 0. The van der Waals surface area contributed by atoms with Crippen LogP contribution < -0.4 is 14.8 Å². The van der Waals surface area contributed by atoms with Gasteiger partial charge < -0.3 is 25.0 Å². The van der Waals surface area contributed by atoms with Gasteiger partial charge in [0.15, 0.2) is 11.5 Å². The molecular weight excluding hydrogens is 392 g/mol. The van der Waals surface area contributed by atoms with Crippen molar-refractivity contribution < 1.29 is 34.1 Å². The van der Waals surface area contributed by atoms with Crippen molar-refractivity contribution in [2.24, 2.45) is 0 Å². The number of aromatic carboxylic acids is 1. The van der Waals surface area contributed by atoms with Gasteiger partial charge in [0.25, 0.3) is 11.8 Å². The third-order valence-corrected chi connectivity index (χ3v) is 4.39. The second-order valence-electron chi connectivity index (χ2n) is 6.30. The lowest BCUT2D eigenvalue weighted by atomic mass is 10.1. The molecule has 0 aliphatic carbocycles. The Bertz CT molecular complexity index is 1000. The van der Waals surface area contributed by atoms with E-state index in [9.17, 15) is 19.5 Å². The van der Waals surface area contributed by atoms with Crippen molar-refractivity contribution >= 4 is 23.5 Å². The highest BCUT2D eigenvalue weighted by atomic mass is 16.5. The first-order valence-corrected chi connectivity index (χ1v) is 9.02. The van der Waals surface area contributed by atoms with Gasteiger partial charge in [0, 0.05) is 6.08 Å². The van der Waals surface area contributed by atoms with Gasteiger partial charge in [-0.2, -0.15) is 0 Å². The maximum absolute atomic E-state index is 12.4. The minimum absolute atomic E-state index is 0.0196. The Hall–Kier alpha value is -3.85. The van der Waals surface area contributed by atoms with Crippen LogP contribution in [0.3, 0.4) is 0 Å². The number of methoxy groups -OCH3 is 1. The van der Waals surface area contributed by atoms with E-state index in [2.05, 4.69) is 5.32 Å². The number of amides is 2. The molecule has 0 unspecified atom stereocenters. The summed E-state index contributed by atoms with van der Waals surface area (Å²) in [5.41, 5.74) is 0.583. The Kier molecular flexibility index (Phi) is 6.33. The number of aliphatic hydroxyl groups excluding tert-OH is 1. The summed E-state index contributed by atoms with van der Waals surface area (Å²) in [5, 5.41) is 21.3. The minimum atomic E-state index is -1.25. The monoisotopic (exact) mass is 412 g/mol. The molecule has 0 atom stereocenters. The average molecular weight is 412 g/mol. The lowest BCUT2D eigenvalue weighted by Crippen LogP contribution is -2.34. The van der Waals surface area contributed by atoms with Gasteiger partial charge in [-0.1, -0.05) is 30.3 Å². The zero-order chi connectivity index (χ0) is 21.7. The lowest BCUT2D eigenvalue weighted by molar-refractivity contribution is -0.137. The number of carboxylic acid groups (broad SMARTS) is 1. The number of carbonyl (C=O) groups is 3. The number of carboxylic acids is 1. The Labute approximate surface area is 172 Å². The molecule has 0 spiro atoms. The van der Waals surface area contributed by atoms with Gasteiger partial charge in [-0.25, -0.2) is 4.79 Å². The van der Waals surface area contributed by atoms with Crippen LogP contribution in [0.25, 0.3) is 0 Å². The number of aliphatic hydroxyl groups is 1. The summed E-state index contributed by atoms with van der Waals surface area (Å²) in [6.45, 7) is -0.332. The fourth-order valence-electron chi connectivity index (χ4n) is 2.96. The highest BCUT2D eigenvalue weighted by Crippen LogP contribution is 2.39. The van der Waals surface area contributed by atoms with Crippen LogP contribution in [0.5, 0.6) is 11.5 Å². The van der Waals surface area contributed by atoms with E-state index in [0.29, 0.717) is 0 Å². The molecule has 156 valence electrons. The lowest BCUT2D eigenvalue weighted by Gasteiger charge is -2.19. The number of β-amino-alcohol motifs (C(OH)–C–C–N with tert-alkyl or cyclic N) is 1. The third-order valence-electron chi connectivity index (χ3n) is 4.39. The number of rotatable bonds is 9. The van der Waals surface area contributed by atoms with E-state index in [1.54, 1.807) is 0 Å². The predicted octanol–water partition coefficient (Wildman–Crippen LogP) is 1.63. The molecule has 3 rings (SSSR count).